The fraction of sp³-hybridized carbons (Fsp3) is 0.875. The van der Waals surface area contributed by atoms with Crippen LogP contribution in [0.1, 0.15) is 27.7 Å². The minimum Gasteiger partial charge on any atom is -0.411 e. The van der Waals surface area contributed by atoms with E-state index in [1.54, 1.807) is 27.7 Å². The number of hydrogen-bond acceptors (Lipinski definition) is 5. The minimum absolute atomic E-state index is 0.0140. The predicted molar refractivity (Wildman–Crippen MR) is 55.2 cm³/mol. The highest BCUT2D eigenvalue weighted by molar-refractivity contribution is 7.54. The van der Waals surface area contributed by atoms with Crippen molar-refractivity contribution in [1.29, 1.82) is 0 Å². The summed E-state index contributed by atoms with van der Waals surface area (Å²) in [7, 11) is -3.16. The molecule has 0 aliphatic carbocycles. The lowest BCUT2D eigenvalue weighted by Gasteiger charge is -2.21. The molecule has 0 saturated heterocycles. The van der Waals surface area contributed by atoms with Crippen molar-refractivity contribution in [3.8, 4) is 0 Å². The first-order valence-corrected chi connectivity index (χ1v) is 6.24. The monoisotopic (exact) mass is 223 g/mol. The summed E-state index contributed by atoms with van der Waals surface area (Å²) in [6.07, 6.45) is 0.726. The van der Waals surface area contributed by atoms with Crippen LogP contribution in [0.2, 0.25) is 0 Å². The van der Waals surface area contributed by atoms with Crippen molar-refractivity contribution in [1.82, 2.24) is 0 Å². The second-order valence-electron chi connectivity index (χ2n) is 3.40. The number of hydrogen-bond donors (Lipinski definition) is 1. The molecule has 0 aromatic heterocycles. The molecule has 0 aliphatic rings. The molecule has 0 bridgehead atoms. The van der Waals surface area contributed by atoms with Crippen LogP contribution in [0.3, 0.4) is 0 Å². The molecule has 0 rings (SSSR count). The maximum atomic E-state index is 11.9. The standard InChI is InChI=1S/C8H18NO4P/c1-7(2)12-14(11,6-5-9-10)13-8(3)4/h5,7-8,10H,6H2,1-4H3/b9-5+. The van der Waals surface area contributed by atoms with E-state index in [1.807, 2.05) is 0 Å². The molecule has 0 spiro atoms. The molecule has 84 valence electrons. The Hall–Kier alpha value is -0.380. The van der Waals surface area contributed by atoms with Gasteiger partial charge in [0.15, 0.2) is 0 Å². The maximum Gasteiger partial charge on any atom is 0.336 e. The normalized spacial score (nSPS) is 13.3. The van der Waals surface area contributed by atoms with E-state index in [-0.39, 0.29) is 18.4 Å². The molecule has 14 heavy (non-hydrogen) atoms. The summed E-state index contributed by atoms with van der Waals surface area (Å²) in [5.74, 6) is 0. The van der Waals surface area contributed by atoms with Gasteiger partial charge in [0.25, 0.3) is 0 Å². The lowest BCUT2D eigenvalue weighted by atomic mass is 10.5. The van der Waals surface area contributed by atoms with Gasteiger partial charge in [-0.1, -0.05) is 0 Å². The van der Waals surface area contributed by atoms with Gasteiger partial charge >= 0.3 is 7.60 Å². The van der Waals surface area contributed by atoms with Gasteiger partial charge < -0.3 is 14.3 Å². The van der Waals surface area contributed by atoms with E-state index in [0.29, 0.717) is 0 Å². The van der Waals surface area contributed by atoms with E-state index in [0.717, 1.165) is 6.21 Å². The van der Waals surface area contributed by atoms with Crippen molar-refractivity contribution in [3.63, 3.8) is 0 Å². The Kier molecular flexibility index (Phi) is 6.00. The molecule has 0 atom stereocenters. The fourth-order valence-corrected chi connectivity index (χ4v) is 2.67. The van der Waals surface area contributed by atoms with Crippen molar-refractivity contribution in [2.45, 2.75) is 39.9 Å². The van der Waals surface area contributed by atoms with Gasteiger partial charge in [0, 0.05) is 0 Å². The second-order valence-corrected chi connectivity index (χ2v) is 5.41. The number of oxime groups is 1. The number of rotatable bonds is 6. The summed E-state index contributed by atoms with van der Waals surface area (Å²) >= 11 is 0. The summed E-state index contributed by atoms with van der Waals surface area (Å²) in [6, 6.07) is 0. The van der Waals surface area contributed by atoms with Crippen LogP contribution >= 0.6 is 7.60 Å². The maximum absolute atomic E-state index is 11.9. The number of nitrogens with zero attached hydrogens (tertiary/aromatic N) is 1. The molecular formula is C8H18NO4P. The molecule has 0 aromatic carbocycles. The summed E-state index contributed by atoms with van der Waals surface area (Å²) < 4.78 is 22.3. The molecule has 5 nitrogen and oxygen atoms in total. The van der Waals surface area contributed by atoms with Gasteiger partial charge in [0.2, 0.25) is 0 Å². The van der Waals surface area contributed by atoms with Crippen molar-refractivity contribution in [2.24, 2.45) is 5.16 Å². The molecule has 0 fully saturated rings. The first-order valence-electron chi connectivity index (χ1n) is 4.51. The molecule has 0 radical (unpaired) electrons. The average Bonchev–Trinajstić information content (AvgIpc) is 1.97. The Morgan fingerprint density at radius 2 is 1.71 bits per heavy atom. The van der Waals surface area contributed by atoms with Crippen LogP contribution in [0, 0.1) is 0 Å². The van der Waals surface area contributed by atoms with E-state index >= 15 is 0 Å². The zero-order chi connectivity index (χ0) is 11.2. The minimum atomic E-state index is -3.16. The van der Waals surface area contributed by atoms with Crippen molar-refractivity contribution < 1.29 is 18.8 Å². The van der Waals surface area contributed by atoms with Crippen LogP contribution in [-0.4, -0.2) is 29.8 Å². The first-order chi connectivity index (χ1) is 6.39. The van der Waals surface area contributed by atoms with Gasteiger partial charge in [-0.15, -0.1) is 5.16 Å². The van der Waals surface area contributed by atoms with Gasteiger partial charge in [-0.25, -0.2) is 0 Å². The zero-order valence-electron chi connectivity index (χ0n) is 9.01. The fourth-order valence-electron chi connectivity index (χ4n) is 0.890. The molecule has 0 aromatic rings. The van der Waals surface area contributed by atoms with Crippen LogP contribution in [0.15, 0.2) is 5.16 Å². The van der Waals surface area contributed by atoms with Gasteiger partial charge in [0.1, 0.15) is 0 Å². The molecular weight excluding hydrogens is 205 g/mol. The van der Waals surface area contributed by atoms with Crippen molar-refractivity contribution in [2.75, 3.05) is 6.16 Å². The highest BCUT2D eigenvalue weighted by Crippen LogP contribution is 2.49. The first kappa shape index (κ1) is 13.6. The Bertz CT molecular complexity index is 213. The Labute approximate surface area is 84.6 Å². The quantitative estimate of drug-likeness (QED) is 0.325. The predicted octanol–water partition coefficient (Wildman–Crippen LogP) is 2.49. The molecule has 6 heteroatoms. The molecule has 0 aliphatic heterocycles. The van der Waals surface area contributed by atoms with Crippen molar-refractivity contribution in [3.05, 3.63) is 0 Å². The van der Waals surface area contributed by atoms with Crippen LogP contribution in [0.5, 0.6) is 0 Å². The second kappa shape index (κ2) is 6.17. The molecule has 1 N–H and O–H groups in total. The topological polar surface area (TPSA) is 68.1 Å². The third-order valence-corrected chi connectivity index (χ3v) is 3.23. The average molecular weight is 223 g/mol. The van der Waals surface area contributed by atoms with Crippen molar-refractivity contribution >= 4 is 13.8 Å². The molecule has 0 heterocycles. The van der Waals surface area contributed by atoms with Crippen LogP contribution < -0.4 is 0 Å². The van der Waals surface area contributed by atoms with Crippen LogP contribution in [-0.2, 0) is 13.6 Å². The largest absolute Gasteiger partial charge is 0.411 e. The van der Waals surface area contributed by atoms with Gasteiger partial charge in [-0.3, -0.25) is 4.57 Å². The zero-order valence-corrected chi connectivity index (χ0v) is 9.90. The smallest absolute Gasteiger partial charge is 0.336 e. The van der Waals surface area contributed by atoms with Crippen LogP contribution in [0.4, 0.5) is 0 Å². The highest BCUT2D eigenvalue weighted by atomic mass is 31.2. The lowest BCUT2D eigenvalue weighted by molar-refractivity contribution is 0.145. The van der Waals surface area contributed by atoms with E-state index in [4.69, 9.17) is 14.3 Å². The Balaban J connectivity index is 4.41. The lowest BCUT2D eigenvalue weighted by Crippen LogP contribution is -2.10. The Morgan fingerprint density at radius 3 is 2.00 bits per heavy atom. The van der Waals surface area contributed by atoms with Gasteiger partial charge in [-0.2, -0.15) is 0 Å². The third-order valence-electron chi connectivity index (χ3n) is 1.13. The van der Waals surface area contributed by atoms with E-state index in [9.17, 15) is 4.57 Å². The molecule has 0 unspecified atom stereocenters. The van der Waals surface area contributed by atoms with Gasteiger partial charge in [-0.05, 0) is 27.7 Å². The summed E-state index contributed by atoms with van der Waals surface area (Å²) in [5.41, 5.74) is 0. The Morgan fingerprint density at radius 1 is 1.29 bits per heavy atom. The highest BCUT2D eigenvalue weighted by Gasteiger charge is 2.26. The van der Waals surface area contributed by atoms with E-state index < -0.39 is 7.60 Å². The third kappa shape index (κ3) is 6.13. The van der Waals surface area contributed by atoms with Gasteiger partial charge in [0.05, 0.1) is 24.6 Å². The molecule has 0 amide bonds. The van der Waals surface area contributed by atoms with E-state index in [2.05, 4.69) is 5.16 Å². The summed E-state index contributed by atoms with van der Waals surface area (Å²) in [6.45, 7) is 7.08. The SMILES string of the molecule is CC(C)OP(=O)(C/C=N/O)OC(C)C. The summed E-state index contributed by atoms with van der Waals surface area (Å²) in [5, 5.41) is 11.0. The summed E-state index contributed by atoms with van der Waals surface area (Å²) in [4.78, 5) is 0. The van der Waals surface area contributed by atoms with Crippen LogP contribution in [0.25, 0.3) is 0 Å². The molecule has 0 saturated carbocycles. The van der Waals surface area contributed by atoms with E-state index in [1.165, 1.54) is 0 Å².